The molecule has 0 atom stereocenters. The second kappa shape index (κ2) is 19.5. The minimum absolute atomic E-state index is 0.436. The van der Waals surface area contributed by atoms with Gasteiger partial charge in [-0.1, -0.05) is 249 Å². The average molecular weight is 1120 g/mol. The van der Waals surface area contributed by atoms with Crippen LogP contribution >= 0.6 is 0 Å². The number of rotatable bonds is 6. The molecule has 410 valence electrons. The summed E-state index contributed by atoms with van der Waals surface area (Å²) in [6.45, 7) is 0. The molecule has 0 amide bonds. The Kier molecular flexibility index (Phi) is 11.1. The molecule has 0 N–H and O–H groups in total. The summed E-state index contributed by atoms with van der Waals surface area (Å²) < 4.78 is 4.83. The first kappa shape index (κ1) is 49.9. The maximum absolute atomic E-state index is 5.04. The van der Waals surface area contributed by atoms with E-state index in [0.29, 0.717) is 0 Å². The average Bonchev–Trinajstić information content (AvgIpc) is 1.55. The van der Waals surface area contributed by atoms with E-state index < -0.39 is 10.8 Å². The van der Waals surface area contributed by atoms with Crippen molar-refractivity contribution in [1.82, 2.24) is 19.1 Å². The molecule has 17 aromatic rings. The van der Waals surface area contributed by atoms with Gasteiger partial charge in [0, 0.05) is 34.2 Å². The highest BCUT2D eigenvalue weighted by Crippen LogP contribution is 2.59. The highest BCUT2D eigenvalue weighted by molar-refractivity contribution is 6.16. The van der Waals surface area contributed by atoms with E-state index in [0.717, 1.165) is 33.1 Å². The molecular formula is C84H54N4. The van der Waals surface area contributed by atoms with Gasteiger partial charge in [0.05, 0.1) is 49.6 Å². The molecule has 0 radical (unpaired) electrons. The molecule has 2 aliphatic rings. The van der Waals surface area contributed by atoms with Crippen LogP contribution in [-0.2, 0) is 10.8 Å². The van der Waals surface area contributed by atoms with Gasteiger partial charge < -0.3 is 9.13 Å². The second-order valence-electron chi connectivity index (χ2n) is 23.5. The first-order valence-electron chi connectivity index (χ1n) is 30.4. The molecule has 0 bridgehead atoms. The Morgan fingerprint density at radius 1 is 0.239 bits per heavy atom. The zero-order valence-corrected chi connectivity index (χ0v) is 48.0. The Hall–Kier alpha value is -11.5. The molecule has 4 aromatic heterocycles. The number of hydrogen-bond donors (Lipinski definition) is 0. The fraction of sp³-hybridized carbons (Fsp3) is 0.0238. The molecule has 4 nitrogen and oxygen atoms in total. The van der Waals surface area contributed by atoms with Crippen LogP contribution in [0.5, 0.6) is 0 Å². The van der Waals surface area contributed by atoms with Gasteiger partial charge in [0.25, 0.3) is 0 Å². The summed E-state index contributed by atoms with van der Waals surface area (Å²) in [5.41, 5.74) is 23.4. The number of fused-ring (bicyclic) bond motifs is 16. The first-order valence-corrected chi connectivity index (χ1v) is 30.4. The highest BCUT2D eigenvalue weighted by Gasteiger charge is 2.48. The zero-order chi connectivity index (χ0) is 57.9. The minimum atomic E-state index is -0.457. The van der Waals surface area contributed by atoms with Crippen molar-refractivity contribution in [3.63, 3.8) is 0 Å². The molecule has 0 fully saturated rings. The molecule has 4 heterocycles. The number of hydrogen-bond acceptors (Lipinski definition) is 2. The van der Waals surface area contributed by atoms with Gasteiger partial charge in [0.1, 0.15) is 0 Å². The molecule has 13 aromatic carbocycles. The van der Waals surface area contributed by atoms with Gasteiger partial charge in [-0.2, -0.15) is 0 Å². The van der Waals surface area contributed by atoms with Gasteiger partial charge in [-0.25, -0.2) is 0 Å². The predicted molar refractivity (Wildman–Crippen MR) is 364 cm³/mol. The van der Waals surface area contributed by atoms with Gasteiger partial charge in [-0.3, -0.25) is 9.97 Å². The van der Waals surface area contributed by atoms with Gasteiger partial charge in [-0.05, 0) is 160 Å². The molecule has 0 saturated carbocycles. The lowest BCUT2D eigenvalue weighted by atomic mass is 9.67. The van der Waals surface area contributed by atoms with Crippen molar-refractivity contribution in [2.45, 2.75) is 10.8 Å². The highest BCUT2D eigenvalue weighted by atomic mass is 15.0. The number of benzene rings is 13. The maximum atomic E-state index is 5.04. The quantitative estimate of drug-likeness (QED) is 0.156. The summed E-state index contributed by atoms with van der Waals surface area (Å²) in [6.07, 6.45) is 3.84. The molecule has 0 spiro atoms. The van der Waals surface area contributed by atoms with E-state index >= 15 is 0 Å². The lowest BCUT2D eigenvalue weighted by Crippen LogP contribution is -2.28. The van der Waals surface area contributed by atoms with Crippen molar-refractivity contribution in [2.75, 3.05) is 0 Å². The zero-order valence-electron chi connectivity index (χ0n) is 48.0. The van der Waals surface area contributed by atoms with Crippen molar-refractivity contribution < 1.29 is 0 Å². The molecular weight excluding hydrogens is 1060 g/mol. The Morgan fingerprint density at radius 2 is 0.659 bits per heavy atom. The van der Waals surface area contributed by atoms with E-state index in [9.17, 15) is 0 Å². The Labute approximate surface area is 509 Å². The monoisotopic (exact) mass is 1120 g/mol. The molecule has 88 heavy (non-hydrogen) atoms. The lowest BCUT2D eigenvalue weighted by Gasteiger charge is -2.33. The van der Waals surface area contributed by atoms with Crippen LogP contribution in [0.25, 0.3) is 110 Å². The van der Waals surface area contributed by atoms with Gasteiger partial charge in [-0.15, -0.1) is 0 Å². The van der Waals surface area contributed by atoms with Crippen molar-refractivity contribution in [1.29, 1.82) is 0 Å². The molecule has 0 aliphatic heterocycles. The Balaban J connectivity index is 0.000000132. The van der Waals surface area contributed by atoms with Crippen LogP contribution in [-0.4, -0.2) is 19.1 Å². The third-order valence-electron chi connectivity index (χ3n) is 19.2. The van der Waals surface area contributed by atoms with Crippen LogP contribution in [0.3, 0.4) is 0 Å². The van der Waals surface area contributed by atoms with Crippen LogP contribution in [0, 0.1) is 0 Å². The van der Waals surface area contributed by atoms with E-state index in [4.69, 9.17) is 9.97 Å². The third kappa shape index (κ3) is 7.08. The minimum Gasteiger partial charge on any atom is -0.308 e. The van der Waals surface area contributed by atoms with E-state index in [2.05, 4.69) is 319 Å². The number of pyridine rings is 2. The second-order valence-corrected chi connectivity index (χ2v) is 23.5. The maximum Gasteiger partial charge on any atom is 0.0963 e. The van der Waals surface area contributed by atoms with Crippen molar-refractivity contribution in [3.05, 3.63) is 372 Å². The fourth-order valence-corrected chi connectivity index (χ4v) is 15.6. The van der Waals surface area contributed by atoms with Gasteiger partial charge in [0.2, 0.25) is 0 Å². The van der Waals surface area contributed by atoms with E-state index in [1.165, 1.54) is 121 Å². The van der Waals surface area contributed by atoms with E-state index in [1.54, 1.807) is 0 Å². The van der Waals surface area contributed by atoms with Crippen LogP contribution < -0.4 is 0 Å². The van der Waals surface area contributed by atoms with Gasteiger partial charge in [0.15, 0.2) is 0 Å². The third-order valence-corrected chi connectivity index (χ3v) is 19.2. The standard InChI is InChI=1S/C44H28N2.C40H26N2/c1-3-15-30(16-4-1)44(31-17-5-2-6-18-31)38-23-12-11-21-34(38)36-28-42-37(27-39(36)44)43-40(24-13-25-45-43)46(42)41-26-29-14-7-8-19-32(29)33-20-9-10-22-35(33)41;1-3-14-29(15-4-1)40(30-16-5-2-6-17-30)35-19-10-9-18-32(35)33-26-38-34(25-36(33)40)39-37(20-11-23-41-39)42(38)31-22-21-27-12-7-8-13-28(27)24-31/h1-28H;1-26H. The van der Waals surface area contributed by atoms with Crippen molar-refractivity contribution in [2.24, 2.45) is 0 Å². The normalized spacial score (nSPS) is 13.4. The number of aromatic nitrogens is 4. The van der Waals surface area contributed by atoms with Gasteiger partial charge >= 0.3 is 0 Å². The summed E-state index contributed by atoms with van der Waals surface area (Å²) in [7, 11) is 0. The summed E-state index contributed by atoms with van der Waals surface area (Å²) in [4.78, 5) is 10.0. The van der Waals surface area contributed by atoms with Crippen LogP contribution in [0.2, 0.25) is 0 Å². The molecule has 4 heteroatoms. The van der Waals surface area contributed by atoms with Crippen molar-refractivity contribution in [3.8, 4) is 33.6 Å². The summed E-state index contributed by atoms with van der Waals surface area (Å²) in [6, 6.07) is 115. The largest absolute Gasteiger partial charge is 0.308 e. The molecule has 0 unspecified atom stereocenters. The topological polar surface area (TPSA) is 35.6 Å². The SMILES string of the molecule is c1ccc(C2(c3ccccc3)c3ccccc3-c3cc4c(cc32)c2ncccc2n4-c2cc3ccccc3c3ccccc23)cc1.c1ccc(C2(c3ccccc3)c3ccccc3-c3cc4c(cc32)c2ncccc2n4-c2ccc3ccccc3c2)cc1. The molecule has 2 aliphatic carbocycles. The van der Waals surface area contributed by atoms with Crippen molar-refractivity contribution >= 4 is 76.2 Å². The van der Waals surface area contributed by atoms with E-state index in [1.807, 2.05) is 18.5 Å². The summed E-state index contributed by atoms with van der Waals surface area (Å²) >= 11 is 0. The van der Waals surface area contributed by atoms with Crippen LogP contribution in [0.1, 0.15) is 44.5 Å². The predicted octanol–water partition coefficient (Wildman–Crippen LogP) is 20.5. The lowest BCUT2D eigenvalue weighted by molar-refractivity contribution is 0.769. The van der Waals surface area contributed by atoms with E-state index in [-0.39, 0.29) is 0 Å². The Bertz CT molecular complexity index is 5550. The summed E-state index contributed by atoms with van der Waals surface area (Å²) in [5.74, 6) is 0. The smallest absolute Gasteiger partial charge is 0.0963 e. The first-order chi connectivity index (χ1) is 43.7. The molecule has 0 saturated heterocycles. The molecule has 19 rings (SSSR count). The summed E-state index contributed by atoms with van der Waals surface area (Å²) in [5, 5.41) is 9.79. The number of nitrogens with zero attached hydrogens (tertiary/aromatic N) is 4. The van der Waals surface area contributed by atoms with Crippen LogP contribution in [0.15, 0.2) is 328 Å². The fourth-order valence-electron chi connectivity index (χ4n) is 15.6. The Morgan fingerprint density at radius 3 is 1.19 bits per heavy atom. The van der Waals surface area contributed by atoms with Crippen LogP contribution in [0.4, 0.5) is 0 Å².